The molecule has 0 saturated carbocycles. The first-order chi connectivity index (χ1) is 8.02. The first kappa shape index (κ1) is 12.1. The first-order valence-electron chi connectivity index (χ1n) is 6.19. The minimum absolute atomic E-state index is 0.417. The summed E-state index contributed by atoms with van der Waals surface area (Å²) >= 11 is 0. The summed E-state index contributed by atoms with van der Waals surface area (Å²) < 4.78 is 0. The lowest BCUT2D eigenvalue weighted by molar-refractivity contribution is 0.199. The maximum atomic E-state index is 9.86. The third-order valence-corrected chi connectivity index (χ3v) is 3.65. The van der Waals surface area contributed by atoms with Crippen molar-refractivity contribution in [1.82, 2.24) is 0 Å². The largest absolute Gasteiger partial charge is 0.389 e. The van der Waals surface area contributed by atoms with Crippen molar-refractivity contribution in [1.29, 1.82) is 0 Å². The summed E-state index contributed by atoms with van der Waals surface area (Å²) in [6.45, 7) is 8.37. The lowest BCUT2D eigenvalue weighted by Gasteiger charge is -2.17. The number of hydrogen-bond acceptors (Lipinski definition) is 1. The second-order valence-corrected chi connectivity index (χ2v) is 4.94. The van der Waals surface area contributed by atoms with E-state index in [1.54, 1.807) is 0 Å². The van der Waals surface area contributed by atoms with E-state index in [1.807, 2.05) is 25.1 Å². The Morgan fingerprint density at radius 1 is 1.18 bits per heavy atom. The fraction of sp³-hybridized carbons (Fsp3) is 0.375. The molecule has 1 nitrogen and oxygen atoms in total. The Hall–Kier alpha value is -1.34. The van der Waals surface area contributed by atoms with Crippen LogP contribution in [0.4, 0.5) is 0 Å². The van der Waals surface area contributed by atoms with Crippen molar-refractivity contribution < 1.29 is 5.11 Å². The van der Waals surface area contributed by atoms with E-state index in [2.05, 4.69) is 32.9 Å². The van der Waals surface area contributed by atoms with E-state index in [-0.39, 0.29) is 0 Å². The predicted molar refractivity (Wildman–Crippen MR) is 72.6 cm³/mol. The summed E-state index contributed by atoms with van der Waals surface area (Å²) in [5, 5.41) is 9.86. The quantitative estimate of drug-likeness (QED) is 0.807. The van der Waals surface area contributed by atoms with Crippen molar-refractivity contribution in [3.63, 3.8) is 0 Å². The molecule has 0 aliphatic heterocycles. The van der Waals surface area contributed by atoms with Gasteiger partial charge >= 0.3 is 0 Å². The van der Waals surface area contributed by atoms with Gasteiger partial charge in [0, 0.05) is 5.92 Å². The summed E-state index contributed by atoms with van der Waals surface area (Å²) in [6.07, 6.45) is 1.88. The molecule has 1 N–H and O–H groups in total. The molecule has 0 bridgehead atoms. The van der Waals surface area contributed by atoms with Gasteiger partial charge in [-0.05, 0) is 43.0 Å². The van der Waals surface area contributed by atoms with E-state index in [4.69, 9.17) is 0 Å². The zero-order valence-corrected chi connectivity index (χ0v) is 11.0. The van der Waals surface area contributed by atoms with E-state index in [0.29, 0.717) is 5.92 Å². The van der Waals surface area contributed by atoms with Crippen molar-refractivity contribution in [2.75, 3.05) is 0 Å². The smallest absolute Gasteiger partial charge is 0.0767 e. The van der Waals surface area contributed by atoms with Crippen LogP contribution in [0.1, 0.15) is 44.9 Å². The SMILES string of the molecule is CC1=CC(C)C(c2ccccc2C(C)O)=C1C. The zero-order valence-electron chi connectivity index (χ0n) is 11.0. The molecule has 2 atom stereocenters. The monoisotopic (exact) mass is 228 g/mol. The van der Waals surface area contributed by atoms with Gasteiger partial charge in [-0.2, -0.15) is 0 Å². The Morgan fingerprint density at radius 3 is 2.35 bits per heavy atom. The molecule has 0 amide bonds. The third-order valence-electron chi connectivity index (χ3n) is 3.65. The van der Waals surface area contributed by atoms with E-state index in [9.17, 15) is 5.11 Å². The number of benzene rings is 1. The normalized spacial score (nSPS) is 21.7. The second kappa shape index (κ2) is 4.50. The highest BCUT2D eigenvalue weighted by molar-refractivity contribution is 5.79. The molecule has 2 unspecified atom stereocenters. The van der Waals surface area contributed by atoms with Gasteiger partial charge in [0.25, 0.3) is 0 Å². The van der Waals surface area contributed by atoms with Crippen molar-refractivity contribution in [2.24, 2.45) is 5.92 Å². The molecule has 0 fully saturated rings. The van der Waals surface area contributed by atoms with Crippen molar-refractivity contribution in [3.8, 4) is 0 Å². The third kappa shape index (κ3) is 2.07. The zero-order chi connectivity index (χ0) is 12.6. The number of hydrogen-bond donors (Lipinski definition) is 1. The molecule has 1 aromatic carbocycles. The lowest BCUT2D eigenvalue weighted by Crippen LogP contribution is -2.01. The summed E-state index contributed by atoms with van der Waals surface area (Å²) in [5.41, 5.74) is 6.29. The average molecular weight is 228 g/mol. The molecule has 0 aromatic heterocycles. The Bertz CT molecular complexity index is 492. The van der Waals surface area contributed by atoms with Gasteiger partial charge in [-0.25, -0.2) is 0 Å². The average Bonchev–Trinajstić information content (AvgIpc) is 2.53. The van der Waals surface area contributed by atoms with E-state index in [1.165, 1.54) is 22.3 Å². The van der Waals surface area contributed by atoms with Crippen molar-refractivity contribution >= 4 is 5.57 Å². The van der Waals surface area contributed by atoms with Crippen LogP contribution in [0.3, 0.4) is 0 Å². The minimum Gasteiger partial charge on any atom is -0.389 e. The predicted octanol–water partition coefficient (Wildman–Crippen LogP) is 4.11. The molecule has 0 spiro atoms. The molecule has 1 aliphatic rings. The molecule has 17 heavy (non-hydrogen) atoms. The van der Waals surface area contributed by atoms with Crippen LogP contribution in [0.15, 0.2) is 41.5 Å². The molecular weight excluding hydrogens is 208 g/mol. The van der Waals surface area contributed by atoms with Gasteiger partial charge in [0.2, 0.25) is 0 Å². The van der Waals surface area contributed by atoms with Crippen LogP contribution >= 0.6 is 0 Å². The Kier molecular flexibility index (Phi) is 3.21. The van der Waals surface area contributed by atoms with Crippen LogP contribution in [-0.4, -0.2) is 5.11 Å². The Morgan fingerprint density at radius 2 is 1.82 bits per heavy atom. The Labute approximate surface area is 103 Å². The number of aliphatic hydroxyl groups is 1. The molecule has 0 saturated heterocycles. The van der Waals surface area contributed by atoms with Crippen LogP contribution in [0, 0.1) is 5.92 Å². The number of rotatable bonds is 2. The molecule has 90 valence electrons. The minimum atomic E-state index is -0.417. The van der Waals surface area contributed by atoms with E-state index < -0.39 is 6.10 Å². The number of aliphatic hydroxyl groups excluding tert-OH is 1. The van der Waals surface area contributed by atoms with Crippen LogP contribution in [-0.2, 0) is 0 Å². The highest BCUT2D eigenvalue weighted by Gasteiger charge is 2.22. The van der Waals surface area contributed by atoms with Gasteiger partial charge in [0.05, 0.1) is 6.10 Å². The van der Waals surface area contributed by atoms with Gasteiger partial charge in [-0.15, -0.1) is 0 Å². The first-order valence-corrected chi connectivity index (χ1v) is 6.19. The number of allylic oxidation sites excluding steroid dienone is 4. The van der Waals surface area contributed by atoms with Crippen LogP contribution in [0.2, 0.25) is 0 Å². The van der Waals surface area contributed by atoms with Crippen LogP contribution < -0.4 is 0 Å². The van der Waals surface area contributed by atoms with Gasteiger partial charge in [-0.1, -0.05) is 42.8 Å². The molecule has 0 heterocycles. The molecule has 1 aliphatic carbocycles. The second-order valence-electron chi connectivity index (χ2n) is 4.94. The van der Waals surface area contributed by atoms with Crippen LogP contribution in [0.25, 0.3) is 5.57 Å². The molecule has 1 heteroatoms. The molecule has 2 rings (SSSR count). The fourth-order valence-corrected chi connectivity index (χ4v) is 2.69. The summed E-state index contributed by atoms with van der Waals surface area (Å²) in [4.78, 5) is 0. The Balaban J connectivity index is 2.57. The molecular formula is C16H20O. The summed E-state index contributed by atoms with van der Waals surface area (Å²) in [7, 11) is 0. The fourth-order valence-electron chi connectivity index (χ4n) is 2.69. The lowest BCUT2D eigenvalue weighted by atomic mass is 9.89. The standard InChI is InChI=1S/C16H20O/c1-10-9-11(2)16(12(10)3)15-8-6-5-7-14(15)13(4)17/h5-9,11,13,17H,1-4H3. The van der Waals surface area contributed by atoms with E-state index >= 15 is 0 Å². The van der Waals surface area contributed by atoms with Crippen molar-refractivity contribution in [2.45, 2.75) is 33.8 Å². The highest BCUT2D eigenvalue weighted by Crippen LogP contribution is 2.39. The highest BCUT2D eigenvalue weighted by atomic mass is 16.3. The van der Waals surface area contributed by atoms with Gasteiger partial charge in [0.1, 0.15) is 0 Å². The van der Waals surface area contributed by atoms with Crippen molar-refractivity contribution in [3.05, 3.63) is 52.6 Å². The molecule has 1 aromatic rings. The van der Waals surface area contributed by atoms with Gasteiger partial charge in [0.15, 0.2) is 0 Å². The van der Waals surface area contributed by atoms with Gasteiger partial charge in [-0.3, -0.25) is 0 Å². The summed E-state index contributed by atoms with van der Waals surface area (Å²) in [5.74, 6) is 0.440. The van der Waals surface area contributed by atoms with Crippen LogP contribution in [0.5, 0.6) is 0 Å². The maximum Gasteiger partial charge on any atom is 0.0767 e. The van der Waals surface area contributed by atoms with E-state index in [0.717, 1.165) is 5.56 Å². The maximum absolute atomic E-state index is 9.86. The van der Waals surface area contributed by atoms with Gasteiger partial charge < -0.3 is 5.11 Å². The topological polar surface area (TPSA) is 20.2 Å². The summed E-state index contributed by atoms with van der Waals surface area (Å²) in [6, 6.07) is 8.16. The molecule has 0 radical (unpaired) electrons.